The van der Waals surface area contributed by atoms with Crippen molar-refractivity contribution >= 4 is 11.8 Å². The van der Waals surface area contributed by atoms with Crippen LogP contribution in [0.25, 0.3) is 0 Å². The molecule has 2 aliphatic heterocycles. The van der Waals surface area contributed by atoms with Crippen molar-refractivity contribution in [3.05, 3.63) is 71.8 Å². The SMILES string of the molecule is CC(C)(O)C(=O)N(CCCC1C(NC(=O)c2ccccc2)CC2CCC1N2)Cc1ccccc1. The molecule has 182 valence electrons. The molecule has 6 heteroatoms. The van der Waals surface area contributed by atoms with Crippen molar-refractivity contribution in [3.8, 4) is 0 Å². The molecule has 2 bridgehead atoms. The van der Waals surface area contributed by atoms with Crippen molar-refractivity contribution in [2.24, 2.45) is 5.92 Å². The molecule has 6 nitrogen and oxygen atoms in total. The van der Waals surface area contributed by atoms with Gasteiger partial charge in [-0.15, -0.1) is 0 Å². The minimum absolute atomic E-state index is 0.0141. The second-order valence-corrected chi connectivity index (χ2v) is 10.3. The lowest BCUT2D eigenvalue weighted by atomic mass is 9.83. The van der Waals surface area contributed by atoms with Crippen molar-refractivity contribution in [1.29, 1.82) is 0 Å². The third-order valence-corrected chi connectivity index (χ3v) is 7.19. The van der Waals surface area contributed by atoms with Crippen molar-refractivity contribution in [1.82, 2.24) is 15.5 Å². The van der Waals surface area contributed by atoms with Gasteiger partial charge in [0.2, 0.25) is 0 Å². The van der Waals surface area contributed by atoms with Gasteiger partial charge in [-0.2, -0.15) is 0 Å². The topological polar surface area (TPSA) is 81.7 Å². The van der Waals surface area contributed by atoms with Crippen LogP contribution in [0.4, 0.5) is 0 Å². The van der Waals surface area contributed by atoms with E-state index in [1.165, 1.54) is 0 Å². The third kappa shape index (κ3) is 6.05. The molecule has 2 heterocycles. The smallest absolute Gasteiger partial charge is 0.254 e. The van der Waals surface area contributed by atoms with Gasteiger partial charge in [-0.05, 0) is 69.6 Å². The average molecular weight is 464 g/mol. The quantitative estimate of drug-likeness (QED) is 0.532. The predicted octanol–water partition coefficient (Wildman–Crippen LogP) is 3.51. The maximum Gasteiger partial charge on any atom is 0.254 e. The van der Waals surface area contributed by atoms with Crippen molar-refractivity contribution in [2.45, 2.75) is 76.2 Å². The summed E-state index contributed by atoms with van der Waals surface area (Å²) in [6, 6.07) is 20.3. The summed E-state index contributed by atoms with van der Waals surface area (Å²) < 4.78 is 0. The first kappa shape index (κ1) is 24.4. The van der Waals surface area contributed by atoms with Crippen LogP contribution in [0.1, 0.15) is 61.9 Å². The first-order valence-electron chi connectivity index (χ1n) is 12.5. The zero-order chi connectivity index (χ0) is 24.1. The standard InChI is InChI=1S/C28H37N3O3/c1-28(2,34)27(33)31(19-20-10-5-3-6-11-20)17-9-14-23-24-16-15-22(29-24)18-25(23)30-26(32)21-12-7-4-8-13-21/h3-8,10-13,22-25,29,34H,9,14-19H2,1-2H3,(H,30,32). The molecular weight excluding hydrogens is 426 g/mol. The Morgan fingerprint density at radius 3 is 2.41 bits per heavy atom. The summed E-state index contributed by atoms with van der Waals surface area (Å²) in [5.41, 5.74) is 0.328. The molecule has 4 atom stereocenters. The molecule has 2 amide bonds. The number of carbonyl (C=O) groups excluding carboxylic acids is 2. The van der Waals surface area contributed by atoms with Crippen LogP contribution in [-0.2, 0) is 11.3 Å². The monoisotopic (exact) mass is 463 g/mol. The van der Waals surface area contributed by atoms with E-state index >= 15 is 0 Å². The molecule has 3 N–H and O–H groups in total. The second kappa shape index (κ2) is 10.7. The van der Waals surface area contributed by atoms with Crippen molar-refractivity contribution in [2.75, 3.05) is 6.54 Å². The first-order chi connectivity index (χ1) is 16.3. The summed E-state index contributed by atoms with van der Waals surface area (Å²) in [6.45, 7) is 4.15. The van der Waals surface area contributed by atoms with E-state index in [0.717, 1.165) is 37.7 Å². The molecule has 0 aromatic heterocycles. The van der Waals surface area contributed by atoms with E-state index in [9.17, 15) is 14.7 Å². The van der Waals surface area contributed by atoms with E-state index in [1.54, 1.807) is 18.7 Å². The molecule has 2 aromatic rings. The molecule has 0 saturated carbocycles. The van der Waals surface area contributed by atoms with Gasteiger partial charge >= 0.3 is 0 Å². The number of amides is 2. The maximum atomic E-state index is 13.0. The molecule has 0 spiro atoms. The maximum absolute atomic E-state index is 13.0. The number of fused-ring (bicyclic) bond motifs is 2. The average Bonchev–Trinajstić information content (AvgIpc) is 3.22. The van der Waals surface area contributed by atoms with E-state index in [4.69, 9.17) is 0 Å². The Balaban J connectivity index is 1.41. The van der Waals surface area contributed by atoms with Gasteiger partial charge in [-0.25, -0.2) is 0 Å². The Kier molecular flexibility index (Phi) is 7.69. The van der Waals surface area contributed by atoms with Crippen LogP contribution in [0.3, 0.4) is 0 Å². The number of hydrogen-bond acceptors (Lipinski definition) is 4. The number of aliphatic hydroxyl groups is 1. The van der Waals surface area contributed by atoms with Crippen LogP contribution in [0, 0.1) is 5.92 Å². The molecule has 0 radical (unpaired) electrons. The fraction of sp³-hybridized carbons (Fsp3) is 0.500. The number of rotatable bonds is 9. The van der Waals surface area contributed by atoms with E-state index in [2.05, 4.69) is 10.6 Å². The van der Waals surface area contributed by atoms with Gasteiger partial charge in [-0.3, -0.25) is 9.59 Å². The van der Waals surface area contributed by atoms with Crippen LogP contribution < -0.4 is 10.6 Å². The molecule has 2 aliphatic rings. The molecule has 2 fully saturated rings. The molecule has 2 saturated heterocycles. The van der Waals surface area contributed by atoms with Crippen LogP contribution in [0.5, 0.6) is 0 Å². The number of carbonyl (C=O) groups is 2. The Bertz CT molecular complexity index is 958. The highest BCUT2D eigenvalue weighted by Crippen LogP contribution is 2.34. The Hall–Kier alpha value is -2.70. The van der Waals surface area contributed by atoms with Crippen LogP contribution in [0.15, 0.2) is 60.7 Å². The van der Waals surface area contributed by atoms with Gasteiger partial charge in [-0.1, -0.05) is 48.5 Å². The molecule has 4 unspecified atom stereocenters. The highest BCUT2D eigenvalue weighted by Gasteiger charge is 2.42. The summed E-state index contributed by atoms with van der Waals surface area (Å²) in [5, 5.41) is 17.4. The number of nitrogens with zero attached hydrogens (tertiary/aromatic N) is 1. The van der Waals surface area contributed by atoms with Gasteiger partial charge in [0, 0.05) is 36.8 Å². The normalized spacial score (nSPS) is 24.0. The predicted molar refractivity (Wildman–Crippen MR) is 133 cm³/mol. The molecule has 0 aliphatic carbocycles. The van der Waals surface area contributed by atoms with Crippen molar-refractivity contribution < 1.29 is 14.7 Å². The summed E-state index contributed by atoms with van der Waals surface area (Å²) in [4.78, 5) is 27.6. The van der Waals surface area contributed by atoms with Gasteiger partial charge in [0.15, 0.2) is 0 Å². The number of benzene rings is 2. The summed E-state index contributed by atoms with van der Waals surface area (Å²) in [6.07, 6.45) is 4.95. The highest BCUT2D eigenvalue weighted by molar-refractivity contribution is 5.94. The molecule has 34 heavy (non-hydrogen) atoms. The molecular formula is C28H37N3O3. The lowest BCUT2D eigenvalue weighted by Gasteiger charge is -2.38. The van der Waals surface area contributed by atoms with E-state index in [1.807, 2.05) is 60.7 Å². The summed E-state index contributed by atoms with van der Waals surface area (Å²) >= 11 is 0. The van der Waals surface area contributed by atoms with E-state index in [0.29, 0.717) is 36.7 Å². The fourth-order valence-corrected chi connectivity index (χ4v) is 5.51. The van der Waals surface area contributed by atoms with E-state index < -0.39 is 5.60 Å². The zero-order valence-corrected chi connectivity index (χ0v) is 20.2. The van der Waals surface area contributed by atoms with E-state index in [-0.39, 0.29) is 17.9 Å². The lowest BCUT2D eigenvalue weighted by Crippen LogP contribution is -2.55. The molecule has 4 rings (SSSR count). The molecule has 2 aromatic carbocycles. The van der Waals surface area contributed by atoms with Crippen LogP contribution >= 0.6 is 0 Å². The Morgan fingerprint density at radius 2 is 1.74 bits per heavy atom. The van der Waals surface area contributed by atoms with Crippen LogP contribution in [-0.4, -0.2) is 52.1 Å². The largest absolute Gasteiger partial charge is 0.381 e. The van der Waals surface area contributed by atoms with Gasteiger partial charge < -0.3 is 20.6 Å². The minimum atomic E-state index is -1.41. The number of nitrogens with one attached hydrogen (secondary N) is 2. The third-order valence-electron chi connectivity index (χ3n) is 7.19. The summed E-state index contributed by atoms with van der Waals surface area (Å²) in [5.74, 6) is 0.0509. The zero-order valence-electron chi connectivity index (χ0n) is 20.2. The van der Waals surface area contributed by atoms with Crippen LogP contribution in [0.2, 0.25) is 0 Å². The Morgan fingerprint density at radius 1 is 1.06 bits per heavy atom. The highest BCUT2D eigenvalue weighted by atomic mass is 16.3. The first-order valence-corrected chi connectivity index (χ1v) is 12.5. The van der Waals surface area contributed by atoms with Gasteiger partial charge in [0.1, 0.15) is 5.60 Å². The Labute approximate surface area is 202 Å². The van der Waals surface area contributed by atoms with Gasteiger partial charge in [0.25, 0.3) is 11.8 Å². The number of hydrogen-bond donors (Lipinski definition) is 3. The summed E-state index contributed by atoms with van der Waals surface area (Å²) in [7, 11) is 0. The fourth-order valence-electron chi connectivity index (χ4n) is 5.51. The minimum Gasteiger partial charge on any atom is -0.381 e. The lowest BCUT2D eigenvalue weighted by molar-refractivity contribution is -0.148. The number of piperidine rings is 1. The van der Waals surface area contributed by atoms with Gasteiger partial charge in [0.05, 0.1) is 0 Å². The van der Waals surface area contributed by atoms with Crippen molar-refractivity contribution in [3.63, 3.8) is 0 Å². The second-order valence-electron chi connectivity index (χ2n) is 10.3.